The first-order valence-corrected chi connectivity index (χ1v) is 16.1. The smallest absolute Gasteiger partial charge is 0.332 e. The number of rotatable bonds is 0. The van der Waals surface area contributed by atoms with E-state index in [1.165, 1.54) is 87.9 Å². The summed E-state index contributed by atoms with van der Waals surface area (Å²) < 4.78 is 9.41. The average molecular weight is 571 g/mol. The molecule has 2 nitrogen and oxygen atoms in total. The van der Waals surface area contributed by atoms with E-state index < -0.39 is 0 Å². The summed E-state index contributed by atoms with van der Waals surface area (Å²) >= 11 is 0. The zero-order chi connectivity index (χ0) is 29.3. The van der Waals surface area contributed by atoms with Crippen LogP contribution in [0.1, 0.15) is 47.6 Å². The minimum atomic E-state index is -0.0805. The van der Waals surface area contributed by atoms with Crippen molar-refractivity contribution in [2.24, 2.45) is 0 Å². The Morgan fingerprint density at radius 3 is 2.33 bits per heavy atom. The summed E-state index contributed by atoms with van der Waals surface area (Å²) in [5.41, 5.74) is 18.9. The summed E-state index contributed by atoms with van der Waals surface area (Å²) in [5, 5.41) is 6.39. The van der Waals surface area contributed by atoms with E-state index in [9.17, 15) is 0 Å². The molecule has 2 aliphatic carbocycles. The zero-order valence-electron chi connectivity index (χ0n) is 25.0. The number of hydrogen-bond donors (Lipinski definition) is 0. The van der Waals surface area contributed by atoms with Crippen molar-refractivity contribution in [1.29, 1.82) is 0 Å². The van der Waals surface area contributed by atoms with E-state index in [0.29, 0.717) is 0 Å². The van der Waals surface area contributed by atoms with Gasteiger partial charge in [0.25, 0.3) is 0 Å². The van der Waals surface area contributed by atoms with E-state index in [4.69, 9.17) is 4.42 Å². The Morgan fingerprint density at radius 1 is 0.667 bits per heavy atom. The van der Waals surface area contributed by atoms with Gasteiger partial charge in [-0.15, -0.1) is 0 Å². The van der Waals surface area contributed by atoms with Crippen LogP contribution in [0.4, 0.5) is 0 Å². The van der Waals surface area contributed by atoms with Crippen LogP contribution >= 0.6 is 0 Å². The highest BCUT2D eigenvalue weighted by Gasteiger charge is 2.53. The zero-order valence-corrected chi connectivity index (χ0v) is 25.0. The Morgan fingerprint density at radius 2 is 1.40 bits per heavy atom. The van der Waals surface area contributed by atoms with Crippen molar-refractivity contribution in [3.8, 4) is 11.1 Å². The van der Waals surface area contributed by atoms with Crippen molar-refractivity contribution in [1.82, 2.24) is 4.48 Å². The summed E-state index contributed by atoms with van der Waals surface area (Å²) in [6, 6.07) is 43.2. The number of fused-ring (bicyclic) bond motifs is 15. The lowest BCUT2D eigenvalue weighted by molar-refractivity contribution is 0.605. The molecule has 2 aliphatic heterocycles. The van der Waals surface area contributed by atoms with Crippen LogP contribution in [0.15, 0.2) is 125 Å². The van der Waals surface area contributed by atoms with E-state index in [0.717, 1.165) is 11.3 Å². The van der Waals surface area contributed by atoms with E-state index in [1.807, 2.05) is 0 Å². The quantitative estimate of drug-likeness (QED) is 0.166. The monoisotopic (exact) mass is 571 g/mol. The molecule has 0 fully saturated rings. The third-order valence-electron chi connectivity index (χ3n) is 11.7. The van der Waals surface area contributed by atoms with Crippen molar-refractivity contribution in [3.63, 3.8) is 0 Å². The highest BCUT2D eigenvalue weighted by Crippen LogP contribution is 2.62. The van der Waals surface area contributed by atoms with Gasteiger partial charge in [-0.3, -0.25) is 0 Å². The second-order valence-corrected chi connectivity index (χ2v) is 13.9. The molecule has 0 saturated carbocycles. The highest BCUT2D eigenvalue weighted by atomic mass is 16.3. The molecule has 4 heterocycles. The van der Waals surface area contributed by atoms with Crippen LogP contribution in [0.2, 0.25) is 0 Å². The Kier molecular flexibility index (Phi) is 3.77. The van der Waals surface area contributed by atoms with Crippen molar-refractivity contribution in [2.75, 3.05) is 0 Å². The second kappa shape index (κ2) is 7.33. The van der Waals surface area contributed by atoms with Crippen LogP contribution < -0.4 is 10.9 Å². The van der Waals surface area contributed by atoms with Gasteiger partial charge in [-0.2, -0.15) is 0 Å². The van der Waals surface area contributed by atoms with Crippen molar-refractivity contribution in [3.05, 3.63) is 149 Å². The Hall–Kier alpha value is -5.28. The molecule has 2 aromatic heterocycles. The largest absolute Gasteiger partial charge is 0.441 e. The van der Waals surface area contributed by atoms with Gasteiger partial charge >= 0.3 is 6.85 Å². The van der Waals surface area contributed by atoms with Gasteiger partial charge in [-0.25, -0.2) is 0 Å². The van der Waals surface area contributed by atoms with Gasteiger partial charge in [0, 0.05) is 33.2 Å². The van der Waals surface area contributed by atoms with Gasteiger partial charge in [0.05, 0.1) is 5.39 Å². The van der Waals surface area contributed by atoms with Gasteiger partial charge in [0.15, 0.2) is 5.71 Å². The predicted molar refractivity (Wildman–Crippen MR) is 186 cm³/mol. The van der Waals surface area contributed by atoms with Crippen LogP contribution in [-0.4, -0.2) is 11.3 Å². The standard InChI is InChI=1S/C42H26BNO/c1-42(2)30-18-7-5-13-25(30)33-27-16-10-19-31-35(27)37(38(33)42)36-23-12-4-3-11-22(23)21-29-24-15-9-17-28-34-26-14-6-8-20-32(26)45-41(34)44(40(24)28)43(31)39(29)36/h3-21,37H,1-2H3. The molecule has 12 rings (SSSR count). The molecule has 45 heavy (non-hydrogen) atoms. The van der Waals surface area contributed by atoms with Gasteiger partial charge in [-0.05, 0) is 78.4 Å². The van der Waals surface area contributed by atoms with Crippen molar-refractivity contribution < 1.29 is 4.42 Å². The highest BCUT2D eigenvalue weighted by molar-refractivity contribution is 6.88. The first kappa shape index (κ1) is 23.2. The van der Waals surface area contributed by atoms with Gasteiger partial charge in [-0.1, -0.05) is 117 Å². The summed E-state index contributed by atoms with van der Waals surface area (Å²) in [6.45, 7) is 4.93. The summed E-state index contributed by atoms with van der Waals surface area (Å²) in [5.74, 6) is 0.201. The van der Waals surface area contributed by atoms with E-state index in [1.54, 1.807) is 5.57 Å². The van der Waals surface area contributed by atoms with Gasteiger partial charge in [0.1, 0.15) is 5.58 Å². The van der Waals surface area contributed by atoms with Crippen LogP contribution in [-0.2, 0) is 5.41 Å². The fraction of sp³-hybridized carbons (Fsp3) is 0.0952. The number of para-hydroxylation sites is 2. The van der Waals surface area contributed by atoms with Crippen molar-refractivity contribution >= 4 is 67.1 Å². The molecule has 0 radical (unpaired) electrons. The maximum atomic E-state index is 6.84. The predicted octanol–water partition coefficient (Wildman–Crippen LogP) is 8.88. The molecule has 1 atom stereocenters. The number of nitrogens with zero attached hydrogens (tertiary/aromatic N) is 1. The normalized spacial score (nSPS) is 17.8. The molecule has 1 unspecified atom stereocenters. The molecule has 0 N–H and O–H groups in total. The topological polar surface area (TPSA) is 18.1 Å². The van der Waals surface area contributed by atoms with Crippen LogP contribution in [0.5, 0.6) is 0 Å². The molecule has 4 aliphatic rings. The fourth-order valence-electron chi connectivity index (χ4n) is 10.1. The molecular weight excluding hydrogens is 545 g/mol. The molecule has 3 heteroatoms. The van der Waals surface area contributed by atoms with E-state index in [2.05, 4.69) is 134 Å². The van der Waals surface area contributed by atoms with Crippen LogP contribution in [0.3, 0.4) is 0 Å². The minimum Gasteiger partial charge on any atom is -0.441 e. The SMILES string of the molecule is CC1(C)C2=C(c3ccccc31)c1cccc3c1C2c1c2c(cc4ccccc14)-c1cccc4c5c6ccccc6oc5n(c14)B32. The molecule has 8 aromatic rings. The van der Waals surface area contributed by atoms with Crippen LogP contribution in [0, 0.1) is 0 Å². The summed E-state index contributed by atoms with van der Waals surface area (Å²) in [4.78, 5) is 0. The van der Waals surface area contributed by atoms with E-state index in [-0.39, 0.29) is 18.2 Å². The van der Waals surface area contributed by atoms with Crippen LogP contribution in [0.25, 0.3) is 60.4 Å². The number of benzene rings is 6. The molecule has 0 amide bonds. The first-order valence-electron chi connectivity index (χ1n) is 16.1. The molecule has 6 aromatic carbocycles. The lowest BCUT2D eigenvalue weighted by Crippen LogP contribution is -2.57. The number of hydrogen-bond acceptors (Lipinski definition) is 1. The van der Waals surface area contributed by atoms with Gasteiger partial charge in [0.2, 0.25) is 0 Å². The molecule has 0 spiro atoms. The minimum absolute atomic E-state index is 0.0275. The first-order chi connectivity index (χ1) is 22.1. The summed E-state index contributed by atoms with van der Waals surface area (Å²) in [7, 11) is 0. The summed E-state index contributed by atoms with van der Waals surface area (Å²) in [6.07, 6.45) is 0. The fourth-order valence-corrected chi connectivity index (χ4v) is 10.1. The maximum Gasteiger partial charge on any atom is 0.332 e. The average Bonchev–Trinajstić information content (AvgIpc) is 3.78. The third kappa shape index (κ3) is 2.39. The number of allylic oxidation sites excluding steroid dienone is 1. The molecule has 0 bridgehead atoms. The Balaban J connectivity index is 1.32. The Bertz CT molecular complexity index is 2750. The second-order valence-electron chi connectivity index (χ2n) is 13.9. The number of furan rings is 1. The molecule has 208 valence electrons. The Labute approximate surface area is 260 Å². The van der Waals surface area contributed by atoms with Crippen molar-refractivity contribution in [2.45, 2.75) is 25.2 Å². The lowest BCUT2D eigenvalue weighted by Gasteiger charge is -2.40. The lowest BCUT2D eigenvalue weighted by atomic mass is 9.41. The van der Waals surface area contributed by atoms with Gasteiger partial charge < -0.3 is 8.90 Å². The third-order valence-corrected chi connectivity index (χ3v) is 11.7. The maximum absolute atomic E-state index is 6.84. The molecular formula is C42H26BNO. The molecule has 0 saturated heterocycles. The van der Waals surface area contributed by atoms with E-state index >= 15 is 0 Å². The number of aromatic nitrogens is 1.